The van der Waals surface area contributed by atoms with Crippen molar-refractivity contribution in [3.63, 3.8) is 0 Å². The van der Waals surface area contributed by atoms with E-state index >= 15 is 0 Å². The number of benzene rings is 1. The van der Waals surface area contributed by atoms with Crippen LogP contribution in [0.3, 0.4) is 0 Å². The van der Waals surface area contributed by atoms with E-state index in [9.17, 15) is 30.5 Å². The smallest absolute Gasteiger partial charge is 0.292 e. The molecule has 2 saturated heterocycles. The molecule has 2 aliphatic rings. The lowest BCUT2D eigenvalue weighted by Crippen LogP contribution is -2.62. The Morgan fingerprint density at radius 3 is 2.64 bits per heavy atom. The first kappa shape index (κ1) is 25.8. The molecule has 0 radical (unpaired) electrons. The second-order valence-corrected chi connectivity index (χ2v) is 8.79. The SMILES string of the molecule is O=[N+]([O-])c1cc(CN2CCCO2)ccc1NCCCCCCN1CC(O)C(O)C(O)[C@@H]1CO. The van der Waals surface area contributed by atoms with Crippen LogP contribution in [-0.2, 0) is 11.4 Å². The molecule has 0 amide bonds. The third-order valence-electron chi connectivity index (χ3n) is 6.35. The van der Waals surface area contributed by atoms with Crippen LogP contribution in [0.1, 0.15) is 37.7 Å². The standard InChI is InChI=1S/C22H36N4O7/c27-15-19-21(29)22(30)20(28)14-24(19)9-4-2-1-3-8-23-17-7-6-16(12-18(17)26(31)32)13-25-10-5-11-33-25/h6-7,12,19-23,27-30H,1-5,8-11,13-15H2/t19-,20?,21?,22?/m0/s1. The zero-order chi connectivity index (χ0) is 23.8. The molecule has 4 atom stereocenters. The molecule has 3 unspecified atom stereocenters. The summed E-state index contributed by atoms with van der Waals surface area (Å²) >= 11 is 0. The molecular weight excluding hydrogens is 432 g/mol. The van der Waals surface area contributed by atoms with Crippen LogP contribution in [0.2, 0.25) is 0 Å². The fraction of sp³-hybridized carbons (Fsp3) is 0.727. The molecule has 2 fully saturated rings. The molecule has 11 heteroatoms. The summed E-state index contributed by atoms with van der Waals surface area (Å²) in [6.45, 7) is 3.20. The molecule has 0 aliphatic carbocycles. The van der Waals surface area contributed by atoms with E-state index in [1.54, 1.807) is 12.1 Å². The number of anilines is 1. The van der Waals surface area contributed by atoms with Gasteiger partial charge >= 0.3 is 0 Å². The number of unbranched alkanes of at least 4 members (excludes halogenated alkanes) is 3. The van der Waals surface area contributed by atoms with Gasteiger partial charge in [0, 0.05) is 32.2 Å². The van der Waals surface area contributed by atoms with Crippen molar-refractivity contribution < 1.29 is 30.2 Å². The van der Waals surface area contributed by atoms with Gasteiger partial charge in [-0.2, -0.15) is 5.06 Å². The maximum atomic E-state index is 11.5. The highest BCUT2D eigenvalue weighted by molar-refractivity contribution is 5.62. The van der Waals surface area contributed by atoms with Gasteiger partial charge in [-0.15, -0.1) is 0 Å². The largest absolute Gasteiger partial charge is 0.395 e. The average Bonchev–Trinajstić information content (AvgIpc) is 3.30. The molecule has 1 aromatic rings. The Bertz CT molecular complexity index is 762. The lowest BCUT2D eigenvalue weighted by atomic mass is 9.94. The zero-order valence-electron chi connectivity index (χ0n) is 18.9. The molecule has 0 saturated carbocycles. The molecule has 11 nitrogen and oxygen atoms in total. The number of nitro groups is 1. The van der Waals surface area contributed by atoms with Crippen LogP contribution in [0.5, 0.6) is 0 Å². The summed E-state index contributed by atoms with van der Waals surface area (Å²) in [4.78, 5) is 18.4. The lowest BCUT2D eigenvalue weighted by Gasteiger charge is -2.43. The lowest BCUT2D eigenvalue weighted by molar-refractivity contribution is -0.384. The van der Waals surface area contributed by atoms with E-state index in [1.165, 1.54) is 0 Å². The first-order valence-electron chi connectivity index (χ1n) is 11.7. The van der Waals surface area contributed by atoms with Crippen LogP contribution in [0.15, 0.2) is 18.2 Å². The van der Waals surface area contributed by atoms with Crippen molar-refractivity contribution in [2.24, 2.45) is 0 Å². The summed E-state index contributed by atoms with van der Waals surface area (Å²) in [6.07, 6.45) is 1.00. The van der Waals surface area contributed by atoms with Gasteiger partial charge in [0.25, 0.3) is 5.69 Å². The molecule has 33 heavy (non-hydrogen) atoms. The number of hydroxylamine groups is 2. The number of nitro benzene ring substituents is 1. The van der Waals surface area contributed by atoms with Gasteiger partial charge in [0.2, 0.25) is 0 Å². The minimum atomic E-state index is -1.24. The molecule has 3 rings (SSSR count). The molecular formula is C22H36N4O7. The fourth-order valence-corrected chi connectivity index (χ4v) is 4.46. The van der Waals surface area contributed by atoms with Crippen LogP contribution in [0.25, 0.3) is 0 Å². The van der Waals surface area contributed by atoms with E-state index in [4.69, 9.17) is 4.84 Å². The van der Waals surface area contributed by atoms with E-state index in [1.807, 2.05) is 16.0 Å². The summed E-state index contributed by atoms with van der Waals surface area (Å²) < 4.78 is 0. The zero-order valence-corrected chi connectivity index (χ0v) is 18.9. The monoisotopic (exact) mass is 468 g/mol. The average molecular weight is 469 g/mol. The van der Waals surface area contributed by atoms with Gasteiger partial charge in [-0.1, -0.05) is 18.9 Å². The Hall–Kier alpha value is -1.86. The number of nitrogens with one attached hydrogen (secondary N) is 1. The predicted octanol–water partition coefficient (Wildman–Crippen LogP) is 0.464. The first-order valence-corrected chi connectivity index (χ1v) is 11.7. The molecule has 2 heterocycles. The third kappa shape index (κ3) is 7.06. The van der Waals surface area contributed by atoms with Crippen molar-refractivity contribution in [1.29, 1.82) is 0 Å². The number of rotatable bonds is 12. The van der Waals surface area contributed by atoms with Crippen molar-refractivity contribution in [3.8, 4) is 0 Å². The fourth-order valence-electron chi connectivity index (χ4n) is 4.46. The van der Waals surface area contributed by atoms with Gasteiger partial charge in [0.15, 0.2) is 0 Å². The Labute approximate surface area is 193 Å². The number of hydrogen-bond donors (Lipinski definition) is 5. The van der Waals surface area contributed by atoms with E-state index in [2.05, 4.69) is 5.32 Å². The highest BCUT2D eigenvalue weighted by atomic mass is 16.7. The Morgan fingerprint density at radius 1 is 1.15 bits per heavy atom. The molecule has 0 spiro atoms. The summed E-state index contributed by atoms with van der Waals surface area (Å²) in [7, 11) is 0. The number of aliphatic hydroxyl groups is 4. The van der Waals surface area contributed by atoms with Crippen LogP contribution in [0.4, 0.5) is 11.4 Å². The second-order valence-electron chi connectivity index (χ2n) is 8.79. The quantitative estimate of drug-likeness (QED) is 0.166. The van der Waals surface area contributed by atoms with Gasteiger partial charge < -0.3 is 25.7 Å². The summed E-state index contributed by atoms with van der Waals surface area (Å²) in [6, 6.07) is 4.65. The summed E-state index contributed by atoms with van der Waals surface area (Å²) in [5.74, 6) is 0. The normalized spacial score (nSPS) is 26.5. The van der Waals surface area contributed by atoms with Crippen molar-refractivity contribution >= 4 is 11.4 Å². The van der Waals surface area contributed by atoms with E-state index in [-0.39, 0.29) is 23.8 Å². The van der Waals surface area contributed by atoms with Gasteiger partial charge in [0.05, 0.1) is 30.3 Å². The minimum Gasteiger partial charge on any atom is -0.395 e. The topological polar surface area (TPSA) is 152 Å². The molecule has 0 aromatic heterocycles. The molecule has 186 valence electrons. The third-order valence-corrected chi connectivity index (χ3v) is 6.35. The van der Waals surface area contributed by atoms with E-state index in [0.717, 1.165) is 44.2 Å². The number of likely N-dealkylation sites (tertiary alicyclic amines) is 1. The van der Waals surface area contributed by atoms with Crippen molar-refractivity contribution in [3.05, 3.63) is 33.9 Å². The number of piperidine rings is 1. The molecule has 1 aromatic carbocycles. The highest BCUT2D eigenvalue weighted by Crippen LogP contribution is 2.27. The van der Waals surface area contributed by atoms with E-state index < -0.39 is 24.4 Å². The Kier molecular flexibility index (Phi) is 9.80. The maximum absolute atomic E-state index is 11.5. The number of nitrogens with zero attached hydrogens (tertiary/aromatic N) is 3. The molecule has 0 bridgehead atoms. The van der Waals surface area contributed by atoms with E-state index in [0.29, 0.717) is 31.9 Å². The molecule has 5 N–H and O–H groups in total. The van der Waals surface area contributed by atoms with Gasteiger partial charge in [-0.05, 0) is 37.4 Å². The number of β-amino-alcohol motifs (C(OH)–C–C–N with tert-alkyl or cyclic N) is 1. The number of aliphatic hydroxyl groups excluding tert-OH is 4. The predicted molar refractivity (Wildman–Crippen MR) is 122 cm³/mol. The summed E-state index contributed by atoms with van der Waals surface area (Å²) in [5.41, 5.74) is 1.41. The van der Waals surface area contributed by atoms with Crippen molar-refractivity contribution in [2.75, 3.05) is 44.7 Å². The van der Waals surface area contributed by atoms with Crippen LogP contribution in [-0.4, -0.2) is 99.1 Å². The van der Waals surface area contributed by atoms with Gasteiger partial charge in [-0.25, -0.2) is 0 Å². The van der Waals surface area contributed by atoms with Crippen LogP contribution < -0.4 is 5.32 Å². The first-order chi connectivity index (χ1) is 15.9. The Morgan fingerprint density at radius 2 is 1.94 bits per heavy atom. The van der Waals surface area contributed by atoms with Gasteiger partial charge in [0.1, 0.15) is 17.9 Å². The summed E-state index contributed by atoms with van der Waals surface area (Å²) in [5, 5.41) is 55.7. The van der Waals surface area contributed by atoms with Crippen LogP contribution in [0, 0.1) is 10.1 Å². The minimum absolute atomic E-state index is 0.0612. The van der Waals surface area contributed by atoms with Crippen LogP contribution >= 0.6 is 0 Å². The van der Waals surface area contributed by atoms with Gasteiger partial charge in [-0.3, -0.25) is 19.9 Å². The number of hydrogen-bond acceptors (Lipinski definition) is 10. The molecule has 2 aliphatic heterocycles. The Balaban J connectivity index is 1.38. The maximum Gasteiger partial charge on any atom is 0.292 e. The van der Waals surface area contributed by atoms with Crippen molar-refractivity contribution in [2.45, 2.75) is 63.0 Å². The van der Waals surface area contributed by atoms with Crippen molar-refractivity contribution in [1.82, 2.24) is 9.96 Å². The second kappa shape index (κ2) is 12.6. The highest BCUT2D eigenvalue weighted by Gasteiger charge is 2.40.